The molecular formula is C20H28BrN3O5. The molecule has 2 rings (SSSR count). The van der Waals surface area contributed by atoms with Crippen LogP contribution >= 0.6 is 17.0 Å². The van der Waals surface area contributed by atoms with Gasteiger partial charge >= 0.3 is 5.97 Å². The van der Waals surface area contributed by atoms with Gasteiger partial charge in [0.1, 0.15) is 6.04 Å². The molecule has 160 valence electrons. The number of amides is 2. The number of nitrogens with zero attached hydrogens (tertiary/aromatic N) is 1. The molecule has 0 spiro atoms. The van der Waals surface area contributed by atoms with Gasteiger partial charge in [-0.1, -0.05) is 32.0 Å². The lowest BCUT2D eigenvalue weighted by Gasteiger charge is -2.30. The van der Waals surface area contributed by atoms with Gasteiger partial charge in [0.25, 0.3) is 0 Å². The molecule has 1 aliphatic heterocycles. The van der Waals surface area contributed by atoms with Gasteiger partial charge in [0.2, 0.25) is 11.8 Å². The fraction of sp³-hybridized carbons (Fsp3) is 0.500. The second-order valence-electron chi connectivity index (χ2n) is 7.09. The summed E-state index contributed by atoms with van der Waals surface area (Å²) in [5.41, 5.74) is 5.69. The summed E-state index contributed by atoms with van der Waals surface area (Å²) in [6.45, 7) is 3.43. The smallest absolute Gasteiger partial charge is 0.338 e. The molecule has 8 nitrogen and oxygen atoms in total. The van der Waals surface area contributed by atoms with E-state index in [-0.39, 0.29) is 41.1 Å². The molecule has 0 saturated carbocycles. The van der Waals surface area contributed by atoms with Gasteiger partial charge < -0.3 is 20.7 Å². The number of carbonyl (C=O) groups is 4. The Bertz CT molecular complexity index is 726. The number of nitrogens with two attached hydrogens (primary N) is 1. The zero-order valence-electron chi connectivity index (χ0n) is 16.6. The summed E-state index contributed by atoms with van der Waals surface area (Å²) in [7, 11) is 0. The maximum absolute atomic E-state index is 12.9. The highest BCUT2D eigenvalue weighted by Gasteiger charge is 2.38. The van der Waals surface area contributed by atoms with E-state index < -0.39 is 30.6 Å². The van der Waals surface area contributed by atoms with E-state index in [1.807, 2.05) is 13.8 Å². The highest BCUT2D eigenvalue weighted by molar-refractivity contribution is 8.93. The van der Waals surface area contributed by atoms with Crippen molar-refractivity contribution in [2.75, 3.05) is 19.7 Å². The Morgan fingerprint density at radius 1 is 1.21 bits per heavy atom. The van der Waals surface area contributed by atoms with E-state index >= 15 is 0 Å². The minimum atomic E-state index is -0.753. The number of rotatable bonds is 8. The number of halogens is 1. The Hall–Kier alpha value is -2.26. The minimum absolute atomic E-state index is 0. The van der Waals surface area contributed by atoms with Crippen molar-refractivity contribution in [2.24, 2.45) is 11.7 Å². The van der Waals surface area contributed by atoms with Crippen LogP contribution in [0.3, 0.4) is 0 Å². The first-order valence-corrected chi connectivity index (χ1v) is 9.40. The van der Waals surface area contributed by atoms with Gasteiger partial charge in [0, 0.05) is 6.54 Å². The number of nitrogens with one attached hydrogen (secondary N) is 1. The molecule has 3 N–H and O–H groups in total. The van der Waals surface area contributed by atoms with Crippen LogP contribution < -0.4 is 11.1 Å². The fourth-order valence-corrected chi connectivity index (χ4v) is 3.18. The lowest BCUT2D eigenvalue weighted by atomic mass is 10.0. The number of ether oxygens (including phenoxy) is 1. The molecule has 0 unspecified atom stereocenters. The number of hydrogen-bond donors (Lipinski definition) is 2. The van der Waals surface area contributed by atoms with Gasteiger partial charge in [-0.25, -0.2) is 4.79 Å². The first-order valence-electron chi connectivity index (χ1n) is 9.40. The summed E-state index contributed by atoms with van der Waals surface area (Å²) < 4.78 is 5.11. The largest absolute Gasteiger partial charge is 0.454 e. The second-order valence-corrected chi connectivity index (χ2v) is 7.09. The Kier molecular flexibility index (Phi) is 9.97. The number of esters is 1. The van der Waals surface area contributed by atoms with Gasteiger partial charge in [-0.15, -0.1) is 17.0 Å². The zero-order valence-corrected chi connectivity index (χ0v) is 18.3. The van der Waals surface area contributed by atoms with E-state index in [0.717, 1.165) is 0 Å². The van der Waals surface area contributed by atoms with E-state index in [9.17, 15) is 19.2 Å². The van der Waals surface area contributed by atoms with E-state index in [4.69, 9.17) is 10.5 Å². The number of carbonyl (C=O) groups excluding carboxylic acids is 4. The van der Waals surface area contributed by atoms with Crippen LogP contribution in [0.5, 0.6) is 0 Å². The van der Waals surface area contributed by atoms with Crippen molar-refractivity contribution in [3.8, 4) is 0 Å². The lowest BCUT2D eigenvalue weighted by Crippen LogP contribution is -2.55. The van der Waals surface area contributed by atoms with E-state index in [1.165, 1.54) is 4.90 Å². The van der Waals surface area contributed by atoms with Crippen LogP contribution in [0.1, 0.15) is 37.0 Å². The summed E-state index contributed by atoms with van der Waals surface area (Å²) in [6.07, 6.45) is 1.17. The fourth-order valence-electron chi connectivity index (χ4n) is 3.18. The van der Waals surface area contributed by atoms with Crippen molar-refractivity contribution in [3.63, 3.8) is 0 Å². The molecule has 29 heavy (non-hydrogen) atoms. The molecule has 0 radical (unpaired) electrons. The maximum Gasteiger partial charge on any atom is 0.338 e. The average molecular weight is 470 g/mol. The van der Waals surface area contributed by atoms with Crippen LogP contribution in [-0.4, -0.2) is 60.2 Å². The van der Waals surface area contributed by atoms with Gasteiger partial charge in [0.05, 0.1) is 18.2 Å². The van der Waals surface area contributed by atoms with Gasteiger partial charge in [0.15, 0.2) is 12.4 Å². The standard InChI is InChI=1S/C20H27N3O5.BrH/c1-13(2)18(22-17(25)11-21)19(26)23-10-6-9-15(23)16(24)12-28-20(27)14-7-4-3-5-8-14;/h3-5,7-8,13,15,18H,6,9-12,21H2,1-2H3,(H,22,25);1H/t15-,18-;/m0./s1. The molecule has 1 saturated heterocycles. The topological polar surface area (TPSA) is 119 Å². The Morgan fingerprint density at radius 2 is 1.86 bits per heavy atom. The monoisotopic (exact) mass is 469 g/mol. The molecule has 1 aromatic carbocycles. The predicted octanol–water partition coefficient (Wildman–Crippen LogP) is 1.08. The van der Waals surface area contributed by atoms with Crippen molar-refractivity contribution >= 4 is 40.5 Å². The molecule has 1 heterocycles. The molecule has 0 aliphatic carbocycles. The quantitative estimate of drug-likeness (QED) is 0.549. The van der Waals surface area contributed by atoms with E-state index in [1.54, 1.807) is 30.3 Å². The first kappa shape index (κ1) is 24.8. The molecule has 1 fully saturated rings. The molecular weight excluding hydrogens is 442 g/mol. The second kappa shape index (κ2) is 11.7. The Labute approximate surface area is 180 Å². The number of hydrogen-bond acceptors (Lipinski definition) is 6. The van der Waals surface area contributed by atoms with Crippen LogP contribution in [0.25, 0.3) is 0 Å². The normalized spacial score (nSPS) is 16.7. The highest BCUT2D eigenvalue weighted by Crippen LogP contribution is 2.21. The number of benzene rings is 1. The molecule has 0 aromatic heterocycles. The molecule has 1 aliphatic rings. The predicted molar refractivity (Wildman–Crippen MR) is 113 cm³/mol. The van der Waals surface area contributed by atoms with Crippen LogP contribution in [0, 0.1) is 5.92 Å². The van der Waals surface area contributed by atoms with Crippen molar-refractivity contribution < 1.29 is 23.9 Å². The third-order valence-corrected chi connectivity index (χ3v) is 4.70. The zero-order chi connectivity index (χ0) is 20.7. The number of Topliss-reactive ketones (excluding diaryl/α,β-unsaturated/α-hetero) is 1. The SMILES string of the molecule is Br.CC(C)[C@H](NC(=O)CN)C(=O)N1CCC[C@H]1C(=O)COC(=O)c1ccccc1. The van der Waals surface area contributed by atoms with Crippen LogP contribution in [0.2, 0.25) is 0 Å². The molecule has 0 bridgehead atoms. The lowest BCUT2D eigenvalue weighted by molar-refractivity contribution is -0.142. The first-order chi connectivity index (χ1) is 13.3. The summed E-state index contributed by atoms with van der Waals surface area (Å²) >= 11 is 0. The summed E-state index contributed by atoms with van der Waals surface area (Å²) in [4.78, 5) is 50.6. The number of ketones is 1. The Balaban J connectivity index is 0.00000420. The third kappa shape index (κ3) is 6.64. The van der Waals surface area contributed by atoms with E-state index in [0.29, 0.717) is 24.9 Å². The summed E-state index contributed by atoms with van der Waals surface area (Å²) in [5, 5.41) is 2.62. The minimum Gasteiger partial charge on any atom is -0.454 e. The summed E-state index contributed by atoms with van der Waals surface area (Å²) in [5.74, 6) is -1.81. The highest BCUT2D eigenvalue weighted by atomic mass is 79.9. The molecule has 2 amide bonds. The van der Waals surface area contributed by atoms with Gasteiger partial charge in [-0.2, -0.15) is 0 Å². The Morgan fingerprint density at radius 3 is 2.45 bits per heavy atom. The third-order valence-electron chi connectivity index (χ3n) is 4.70. The summed E-state index contributed by atoms with van der Waals surface area (Å²) in [6, 6.07) is 6.98. The molecule has 9 heteroatoms. The van der Waals surface area contributed by atoms with Gasteiger partial charge in [-0.3, -0.25) is 14.4 Å². The molecule has 1 aromatic rings. The van der Waals surface area contributed by atoms with Crippen molar-refractivity contribution in [1.29, 1.82) is 0 Å². The average Bonchev–Trinajstić information content (AvgIpc) is 3.19. The maximum atomic E-state index is 12.9. The molecule has 2 atom stereocenters. The number of likely N-dealkylation sites (tertiary alicyclic amines) is 1. The van der Waals surface area contributed by atoms with Gasteiger partial charge in [-0.05, 0) is 30.9 Å². The van der Waals surface area contributed by atoms with Crippen molar-refractivity contribution in [1.82, 2.24) is 10.2 Å². The van der Waals surface area contributed by atoms with Crippen molar-refractivity contribution in [2.45, 2.75) is 38.8 Å². The van der Waals surface area contributed by atoms with Crippen LogP contribution in [0.15, 0.2) is 30.3 Å². The van der Waals surface area contributed by atoms with Crippen LogP contribution in [-0.2, 0) is 19.1 Å². The van der Waals surface area contributed by atoms with Crippen molar-refractivity contribution in [3.05, 3.63) is 35.9 Å². The van der Waals surface area contributed by atoms with Crippen LogP contribution in [0.4, 0.5) is 0 Å². The van der Waals surface area contributed by atoms with E-state index in [2.05, 4.69) is 5.32 Å².